The Hall–Kier alpha value is -4.68. The molecule has 9 heteroatoms. The molecule has 0 heterocycles. The summed E-state index contributed by atoms with van der Waals surface area (Å²) in [4.78, 5) is 38.4. The van der Waals surface area contributed by atoms with E-state index in [9.17, 15) is 14.4 Å². The molecule has 0 aliphatic carbocycles. The molecule has 2 radical (unpaired) electrons. The molecule has 2 rings (SSSR count). The number of aromatic hydroxyl groups is 1. The number of aryl methyl sites for hydroxylation is 1. The van der Waals surface area contributed by atoms with E-state index in [-0.39, 0.29) is 44.5 Å². The van der Waals surface area contributed by atoms with E-state index in [1.807, 2.05) is 57.4 Å². The fourth-order valence-electron chi connectivity index (χ4n) is 7.54. The Kier molecular flexibility index (Phi) is 34.7. The van der Waals surface area contributed by atoms with Gasteiger partial charge in [-0.05, 0) is 134 Å². The van der Waals surface area contributed by atoms with Crippen molar-refractivity contribution in [1.82, 2.24) is 0 Å². The molecule has 0 fully saturated rings. The van der Waals surface area contributed by atoms with Crippen LogP contribution in [0.25, 0.3) is 0 Å². The van der Waals surface area contributed by atoms with Crippen molar-refractivity contribution in [3.8, 4) is 17.2 Å². The predicted octanol–water partition coefficient (Wildman–Crippen LogP) is 19.5. The molecule has 0 unspecified atom stereocenters. The van der Waals surface area contributed by atoms with Gasteiger partial charge in [-0.3, -0.25) is 9.59 Å². The summed E-state index contributed by atoms with van der Waals surface area (Å²) in [6.45, 7) is 36.9. The first-order valence-electron chi connectivity index (χ1n) is 26.9. The first-order chi connectivity index (χ1) is 35.8. The summed E-state index contributed by atoms with van der Waals surface area (Å²) in [5.74, 6) is 0.437. The molecule has 0 aliphatic heterocycles. The van der Waals surface area contributed by atoms with Crippen LogP contribution < -0.4 is 9.47 Å². The van der Waals surface area contributed by atoms with E-state index < -0.39 is 19.5 Å². The third kappa shape index (κ3) is 30.9. The number of allylic oxidation sites excluding steroid dienone is 20. The van der Waals surface area contributed by atoms with Crippen LogP contribution in [0, 0.1) is 28.2 Å². The van der Waals surface area contributed by atoms with Crippen LogP contribution in [0.1, 0.15) is 195 Å². The number of halogens is 2. The summed E-state index contributed by atoms with van der Waals surface area (Å²) in [6, 6.07) is 7.66. The number of carbonyl (C=O) groups excluding carboxylic acids is 3. The van der Waals surface area contributed by atoms with Crippen LogP contribution in [0.2, 0.25) is 0 Å². The second kappa shape index (κ2) is 38.0. The summed E-state index contributed by atoms with van der Waals surface area (Å²) >= 11 is -2.11. The Bertz CT molecular complexity index is 2650. The van der Waals surface area contributed by atoms with Gasteiger partial charge in [-0.25, -0.2) is 0 Å². The van der Waals surface area contributed by atoms with Gasteiger partial charge >= 0.3 is 192 Å². The topological polar surface area (TPSA) is 82.5 Å². The van der Waals surface area contributed by atoms with Gasteiger partial charge in [-0.2, -0.15) is 0 Å². The van der Waals surface area contributed by atoms with Gasteiger partial charge < -0.3 is 12.2 Å². The Morgan fingerprint density at radius 1 is 0.597 bits per heavy atom. The minimum absolute atomic E-state index is 0. The normalized spacial score (nSPS) is 13.9. The van der Waals surface area contributed by atoms with Crippen LogP contribution in [0.4, 0.5) is 0 Å². The molecular formula is C68H94Cl2O6Ru. The zero-order valence-electron chi connectivity index (χ0n) is 49.8. The molecule has 0 amide bonds. The molecule has 77 heavy (non-hydrogen) atoms. The maximum absolute atomic E-state index is 13.5. The van der Waals surface area contributed by atoms with Crippen LogP contribution in [0.3, 0.4) is 0 Å². The zero-order chi connectivity index (χ0) is 56.9. The van der Waals surface area contributed by atoms with Gasteiger partial charge in [0, 0.05) is 6.42 Å². The maximum atomic E-state index is 13.5. The molecule has 6 nitrogen and oxygen atoms in total. The monoisotopic (exact) mass is 1180 g/mol. The Balaban J connectivity index is 0.0000296. The predicted molar refractivity (Wildman–Crippen MR) is 329 cm³/mol. The average molecular weight is 1180 g/mol. The van der Waals surface area contributed by atoms with E-state index in [1.165, 1.54) is 44.6 Å². The van der Waals surface area contributed by atoms with Gasteiger partial charge in [0.25, 0.3) is 0 Å². The fraction of sp³-hybridized carbons (Fsp3) is 0.441. The number of hydrogen-bond acceptors (Lipinski definition) is 5. The summed E-state index contributed by atoms with van der Waals surface area (Å²) in [5, 5.41) is 0. The van der Waals surface area contributed by atoms with E-state index in [1.54, 1.807) is 13.0 Å². The SMILES string of the molecule is [CH3-].[CH]/C(C)=C/C/C(C)=C\C/C(C)=C\C/C(C)=C\C/C(C)=C\C/C(C)=C\C/C(C)=C\C/C(C)=C\C/C(C)=C\C/C(C)=C\Cc1cc(OC(=O)CC(=O)CC)c(C)c(C)c1OC(=O)CCc1ccc([OH+]C(C)C)c([CH]=[Ru]([Cl])[Cl])c1. The van der Waals surface area contributed by atoms with Crippen molar-refractivity contribution in [3.63, 3.8) is 0 Å². The Morgan fingerprint density at radius 3 is 1.40 bits per heavy atom. The first-order valence-corrected chi connectivity index (χ1v) is 32.4. The van der Waals surface area contributed by atoms with Crippen molar-refractivity contribution < 1.29 is 42.1 Å². The molecule has 424 valence electrons. The number of rotatable bonds is 31. The van der Waals surface area contributed by atoms with Crippen LogP contribution in [0.5, 0.6) is 17.2 Å². The van der Waals surface area contributed by atoms with E-state index in [0.29, 0.717) is 41.0 Å². The van der Waals surface area contributed by atoms with Gasteiger partial charge in [-0.1, -0.05) is 117 Å². The van der Waals surface area contributed by atoms with Crippen molar-refractivity contribution in [1.29, 1.82) is 0 Å². The van der Waals surface area contributed by atoms with Crippen LogP contribution >= 0.6 is 19.4 Å². The van der Waals surface area contributed by atoms with E-state index in [4.69, 9.17) is 40.5 Å². The van der Waals surface area contributed by atoms with Gasteiger partial charge in [0.2, 0.25) is 0 Å². The van der Waals surface area contributed by atoms with Gasteiger partial charge in [0.15, 0.2) is 0 Å². The van der Waals surface area contributed by atoms with Crippen molar-refractivity contribution in [2.45, 2.75) is 200 Å². The molecule has 0 atom stereocenters. The van der Waals surface area contributed by atoms with Crippen LogP contribution in [-0.2, 0) is 40.7 Å². The van der Waals surface area contributed by atoms with Crippen molar-refractivity contribution >= 4 is 41.7 Å². The molecule has 0 saturated heterocycles. The molecule has 0 bridgehead atoms. The second-order valence-corrected chi connectivity index (χ2v) is 26.7. The van der Waals surface area contributed by atoms with Crippen LogP contribution in [0.15, 0.2) is 141 Å². The Morgan fingerprint density at radius 2 is 1.01 bits per heavy atom. The van der Waals surface area contributed by atoms with Gasteiger partial charge in [-0.15, -0.1) is 0 Å². The summed E-state index contributed by atoms with van der Waals surface area (Å²) in [7, 11) is 12.5. The third-order valence-corrected chi connectivity index (χ3v) is 14.8. The average Bonchev–Trinajstić information content (AvgIpc) is 3.36. The molecule has 0 spiro atoms. The molecule has 0 aromatic heterocycles. The first kappa shape index (κ1) is 70.3. The van der Waals surface area contributed by atoms with Gasteiger partial charge in [0.05, 0.1) is 0 Å². The number of benzene rings is 2. The minimum atomic E-state index is -2.11. The standard InChI is InChI=1S/C67H90O6.CH3.2ClH.Ru/c1-18-62(68)45-66(70)72-64-44-61(67(59(17)58(64)16)73-65(69)42-39-60-38-41-63(57(15)43-60)71-47(4)5)40-37-56(14)36-35-55(13)34-33-54(12)32-31-53(11)30-29-52(10)28-27-51(9)26-25-50(8)24-23-49(7)22-21-48(6)20-19-46(2)3;;;;/h2,15,19,21,23,25,27,29,31,33,35,37-38,41,43-44,47H,18,20,22,24,26,28,30,32,34,36,39-40,42,45H2,1,3-14,16-17H3;1H3;2*1H;/q;-1;;;+2/p-1/b46-19-,48-21-,49-23-,50-25-,51-27-,52-29-,53-31-,54-33-,55-35-,56-37-;;;;. The molecule has 1 N–H and O–H groups in total. The second-order valence-electron chi connectivity index (χ2n) is 21.0. The van der Waals surface area contributed by atoms with E-state index in [0.717, 1.165) is 85.8 Å². The number of esters is 2. The molecule has 2 aromatic carbocycles. The fourth-order valence-corrected chi connectivity index (χ4v) is 9.34. The number of carbonyl (C=O) groups is 3. The number of ketones is 1. The summed E-state index contributed by atoms with van der Waals surface area (Å²) < 4.78 is 18.5. The van der Waals surface area contributed by atoms with Crippen molar-refractivity contribution in [2.75, 3.05) is 0 Å². The van der Waals surface area contributed by atoms with E-state index >= 15 is 0 Å². The van der Waals surface area contributed by atoms with Crippen LogP contribution in [-0.4, -0.2) is 33.2 Å². The van der Waals surface area contributed by atoms with Crippen molar-refractivity contribution in [3.05, 3.63) is 183 Å². The summed E-state index contributed by atoms with van der Waals surface area (Å²) in [5.41, 5.74) is 16.8. The third-order valence-electron chi connectivity index (χ3n) is 12.9. The van der Waals surface area contributed by atoms with E-state index in [2.05, 4.69) is 123 Å². The quantitative estimate of drug-likeness (QED) is 0.0143. The number of hydrogen-bond donors (Lipinski definition) is 0. The number of Topliss-reactive ketones (excluding diaryl/α,β-unsaturated/α-hetero) is 1. The molecule has 0 saturated carbocycles. The number of ether oxygens (including phenoxy) is 3. The number of aliphatic hydroxyl groups is 1. The van der Waals surface area contributed by atoms with Crippen molar-refractivity contribution in [2.24, 2.45) is 0 Å². The Labute approximate surface area is 480 Å². The molecule has 2 aromatic rings. The van der Waals surface area contributed by atoms with Gasteiger partial charge in [0.1, 0.15) is 12.2 Å². The summed E-state index contributed by atoms with van der Waals surface area (Å²) in [6.07, 6.45) is 32.3. The zero-order valence-corrected chi connectivity index (χ0v) is 53.1. The molecule has 0 aliphatic rings. The molecular weight excluding hydrogens is 1080 g/mol.